The summed E-state index contributed by atoms with van der Waals surface area (Å²) in [6.07, 6.45) is 0.226. The third-order valence-electron chi connectivity index (χ3n) is 6.07. The maximum atomic E-state index is 14.0. The molecule has 1 aliphatic heterocycles. The van der Waals surface area contributed by atoms with Crippen molar-refractivity contribution in [3.63, 3.8) is 0 Å². The summed E-state index contributed by atoms with van der Waals surface area (Å²) in [6.45, 7) is 3.69. The van der Waals surface area contributed by atoms with Crippen LogP contribution in [-0.2, 0) is 26.0 Å². The molecular weight excluding hydrogens is 500 g/mol. The van der Waals surface area contributed by atoms with Crippen LogP contribution in [0.15, 0.2) is 65.6 Å². The van der Waals surface area contributed by atoms with Crippen LogP contribution in [0.1, 0.15) is 23.1 Å². The van der Waals surface area contributed by atoms with E-state index in [0.717, 1.165) is 9.87 Å². The molecule has 0 saturated carbocycles. The normalized spacial score (nSPS) is 15.2. The van der Waals surface area contributed by atoms with Gasteiger partial charge in [0.25, 0.3) is 10.0 Å². The van der Waals surface area contributed by atoms with Gasteiger partial charge in [-0.1, -0.05) is 35.9 Å². The number of halogens is 1. The fourth-order valence-electron chi connectivity index (χ4n) is 4.15. The van der Waals surface area contributed by atoms with E-state index in [0.29, 0.717) is 46.2 Å². The molecule has 3 aromatic rings. The first-order valence-electron chi connectivity index (χ1n) is 11.4. The van der Waals surface area contributed by atoms with Crippen LogP contribution in [0.2, 0.25) is 5.02 Å². The number of benzene rings is 3. The number of para-hydroxylation sites is 2. The lowest BCUT2D eigenvalue weighted by Crippen LogP contribution is -2.53. The SMILES string of the molecule is Cc1cc(S(=O)(=O)N2c3ccccc3NC(=O)C2CC(=O)NCCc2ccc(N)cc2)c(C)cc1Cl. The molecule has 0 bridgehead atoms. The first kappa shape index (κ1) is 25.5. The summed E-state index contributed by atoms with van der Waals surface area (Å²) in [4.78, 5) is 26.0. The van der Waals surface area contributed by atoms with Crippen molar-refractivity contribution in [1.82, 2.24) is 5.32 Å². The van der Waals surface area contributed by atoms with Crippen molar-refractivity contribution in [3.05, 3.63) is 82.4 Å². The molecule has 10 heteroatoms. The van der Waals surface area contributed by atoms with Gasteiger partial charge in [0.15, 0.2) is 0 Å². The fourth-order valence-corrected chi connectivity index (χ4v) is 6.30. The number of nitrogens with zero attached hydrogens (tertiary/aromatic N) is 1. The minimum Gasteiger partial charge on any atom is -0.399 e. The molecule has 1 aliphatic rings. The van der Waals surface area contributed by atoms with Crippen molar-refractivity contribution in [3.8, 4) is 0 Å². The van der Waals surface area contributed by atoms with E-state index in [4.69, 9.17) is 17.3 Å². The predicted molar refractivity (Wildman–Crippen MR) is 142 cm³/mol. The number of nitrogens with two attached hydrogens (primary N) is 1. The highest BCUT2D eigenvalue weighted by atomic mass is 35.5. The second kappa shape index (κ2) is 10.2. The standard InChI is InChI=1S/C26H27ClN4O4S/c1-16-14-24(17(2)13-20(16)27)36(34,35)31-22-6-4-3-5-21(22)30-26(33)23(31)15-25(32)29-12-11-18-7-9-19(28)10-8-18/h3-10,13-14,23H,11-12,15,28H2,1-2H3,(H,29,32)(H,30,33). The van der Waals surface area contributed by atoms with Gasteiger partial charge in [-0.3, -0.25) is 13.9 Å². The number of amides is 2. The van der Waals surface area contributed by atoms with Crippen molar-refractivity contribution in [2.45, 2.75) is 37.6 Å². The summed E-state index contributed by atoms with van der Waals surface area (Å²) < 4.78 is 29.0. The molecule has 0 spiro atoms. The molecular formula is C26H27ClN4O4S. The number of hydrogen-bond acceptors (Lipinski definition) is 5. The molecule has 1 heterocycles. The van der Waals surface area contributed by atoms with Gasteiger partial charge in [-0.25, -0.2) is 8.42 Å². The zero-order valence-corrected chi connectivity index (χ0v) is 21.5. The van der Waals surface area contributed by atoms with Crippen LogP contribution in [0, 0.1) is 13.8 Å². The third-order valence-corrected chi connectivity index (χ3v) is 8.44. The Morgan fingerprint density at radius 3 is 2.50 bits per heavy atom. The second-order valence-electron chi connectivity index (χ2n) is 8.74. The van der Waals surface area contributed by atoms with E-state index in [2.05, 4.69) is 10.6 Å². The van der Waals surface area contributed by atoms with E-state index >= 15 is 0 Å². The summed E-state index contributed by atoms with van der Waals surface area (Å²) in [6, 6.07) is 15.7. The number of sulfonamides is 1. The summed E-state index contributed by atoms with van der Waals surface area (Å²) in [7, 11) is -4.22. The van der Waals surface area contributed by atoms with E-state index in [1.54, 1.807) is 56.3 Å². The Morgan fingerprint density at radius 1 is 1.08 bits per heavy atom. The molecule has 0 aliphatic carbocycles. The van der Waals surface area contributed by atoms with Crippen molar-refractivity contribution in [2.24, 2.45) is 0 Å². The minimum atomic E-state index is -4.22. The highest BCUT2D eigenvalue weighted by Crippen LogP contribution is 2.38. The lowest BCUT2D eigenvalue weighted by Gasteiger charge is -2.37. The zero-order valence-electron chi connectivity index (χ0n) is 19.9. The maximum absolute atomic E-state index is 14.0. The molecule has 0 saturated heterocycles. The van der Waals surface area contributed by atoms with Crippen LogP contribution in [-0.4, -0.2) is 32.8 Å². The van der Waals surface area contributed by atoms with E-state index in [1.807, 2.05) is 12.1 Å². The summed E-state index contributed by atoms with van der Waals surface area (Å²) in [5.74, 6) is -1.01. The highest BCUT2D eigenvalue weighted by molar-refractivity contribution is 7.93. The molecule has 0 fully saturated rings. The van der Waals surface area contributed by atoms with Gasteiger partial charge in [0.2, 0.25) is 11.8 Å². The third kappa shape index (κ3) is 5.17. The van der Waals surface area contributed by atoms with Crippen molar-refractivity contribution in [1.29, 1.82) is 0 Å². The second-order valence-corrected chi connectivity index (χ2v) is 10.9. The maximum Gasteiger partial charge on any atom is 0.265 e. The number of nitrogens with one attached hydrogen (secondary N) is 2. The Morgan fingerprint density at radius 2 is 1.78 bits per heavy atom. The predicted octanol–water partition coefficient (Wildman–Crippen LogP) is 3.80. The van der Waals surface area contributed by atoms with Crippen molar-refractivity contribution >= 4 is 50.5 Å². The highest BCUT2D eigenvalue weighted by Gasteiger charge is 2.42. The minimum absolute atomic E-state index is 0.0302. The van der Waals surface area contributed by atoms with Gasteiger partial charge in [0.1, 0.15) is 6.04 Å². The largest absolute Gasteiger partial charge is 0.399 e. The lowest BCUT2D eigenvalue weighted by atomic mass is 10.1. The van der Waals surface area contributed by atoms with Crippen LogP contribution in [0.5, 0.6) is 0 Å². The van der Waals surface area contributed by atoms with E-state index in [-0.39, 0.29) is 11.3 Å². The van der Waals surface area contributed by atoms with Crippen LogP contribution in [0.4, 0.5) is 17.1 Å². The molecule has 1 atom stereocenters. The molecule has 8 nitrogen and oxygen atoms in total. The van der Waals surface area contributed by atoms with Gasteiger partial charge in [-0.05, 0) is 73.4 Å². The number of carbonyl (C=O) groups excluding carboxylic acids is 2. The summed E-state index contributed by atoms with van der Waals surface area (Å²) in [5.41, 5.74) is 9.03. The fraction of sp³-hybridized carbons (Fsp3) is 0.231. The number of rotatable bonds is 7. The molecule has 2 amide bonds. The van der Waals surface area contributed by atoms with Crippen LogP contribution in [0.3, 0.4) is 0 Å². The lowest BCUT2D eigenvalue weighted by molar-refractivity contribution is -0.125. The van der Waals surface area contributed by atoms with E-state index < -0.39 is 27.9 Å². The molecule has 4 rings (SSSR count). The quantitative estimate of drug-likeness (QED) is 0.404. The van der Waals surface area contributed by atoms with Gasteiger partial charge in [-0.15, -0.1) is 0 Å². The number of carbonyl (C=O) groups is 2. The molecule has 3 aromatic carbocycles. The van der Waals surface area contributed by atoms with Crippen LogP contribution in [0.25, 0.3) is 0 Å². The van der Waals surface area contributed by atoms with E-state index in [9.17, 15) is 18.0 Å². The monoisotopic (exact) mass is 526 g/mol. The smallest absolute Gasteiger partial charge is 0.265 e. The number of anilines is 3. The topological polar surface area (TPSA) is 122 Å². The van der Waals surface area contributed by atoms with Gasteiger partial charge in [0, 0.05) is 17.3 Å². The molecule has 36 heavy (non-hydrogen) atoms. The summed E-state index contributed by atoms with van der Waals surface area (Å²) in [5, 5.41) is 5.97. The number of nitrogen functional groups attached to an aromatic ring is 1. The van der Waals surface area contributed by atoms with Crippen molar-refractivity contribution < 1.29 is 18.0 Å². The zero-order chi connectivity index (χ0) is 26.0. The Kier molecular flexibility index (Phi) is 7.23. The van der Waals surface area contributed by atoms with Gasteiger partial charge < -0.3 is 16.4 Å². The molecule has 1 unspecified atom stereocenters. The molecule has 0 aromatic heterocycles. The van der Waals surface area contributed by atoms with Gasteiger partial charge >= 0.3 is 0 Å². The first-order chi connectivity index (χ1) is 17.1. The molecule has 188 valence electrons. The number of fused-ring (bicyclic) bond motifs is 1. The average molecular weight is 527 g/mol. The number of hydrogen-bond donors (Lipinski definition) is 3. The Hall–Kier alpha value is -3.56. The van der Waals surface area contributed by atoms with Gasteiger partial charge in [-0.2, -0.15) is 0 Å². The Labute approximate surface area is 215 Å². The average Bonchev–Trinajstić information content (AvgIpc) is 2.83. The summed E-state index contributed by atoms with van der Waals surface area (Å²) >= 11 is 6.19. The Bertz CT molecular complexity index is 1420. The van der Waals surface area contributed by atoms with Crippen LogP contribution >= 0.6 is 11.6 Å². The Balaban J connectivity index is 1.62. The van der Waals surface area contributed by atoms with Gasteiger partial charge in [0.05, 0.1) is 22.7 Å². The van der Waals surface area contributed by atoms with Crippen LogP contribution < -0.4 is 20.7 Å². The number of aryl methyl sites for hydroxylation is 2. The van der Waals surface area contributed by atoms with Crippen molar-refractivity contribution in [2.75, 3.05) is 21.9 Å². The molecule has 4 N–H and O–H groups in total. The first-order valence-corrected chi connectivity index (χ1v) is 13.2. The molecule has 0 radical (unpaired) electrons. The van der Waals surface area contributed by atoms with E-state index in [1.165, 1.54) is 6.07 Å².